The predicted octanol–water partition coefficient (Wildman–Crippen LogP) is 16.8. The molecule has 1 spiro atoms. The summed E-state index contributed by atoms with van der Waals surface area (Å²) in [7, 11) is 0. The predicted molar refractivity (Wildman–Crippen MR) is 267 cm³/mol. The van der Waals surface area contributed by atoms with Crippen molar-refractivity contribution in [3.63, 3.8) is 0 Å². The second-order valence-electron chi connectivity index (χ2n) is 17.4. The standard InChI is InChI=1S/C63H38/c1-2-17-43-37-44(34-29-39(43)15-1)60-52-25-9-7-23-50(52)59(51-24-8-10-26-53(51)60)42-32-30-41(31-33-42)55-38-58-61(49-22-6-5-19-46(49)55)54-36-35-40-16-3-4-18-45(40)62(54)63(58)56-27-13-11-20-47(56)48-21-12-14-28-57(48)63/h1-38H. The lowest BCUT2D eigenvalue weighted by Gasteiger charge is -2.32. The van der Waals surface area contributed by atoms with Crippen LogP contribution >= 0.6 is 0 Å². The minimum Gasteiger partial charge on any atom is -0.0619 e. The largest absolute Gasteiger partial charge is 0.0731 e. The Kier molecular flexibility index (Phi) is 7.13. The van der Waals surface area contributed by atoms with Crippen molar-refractivity contribution >= 4 is 53.9 Å². The average molecular weight is 795 g/mol. The summed E-state index contributed by atoms with van der Waals surface area (Å²) in [6.07, 6.45) is 0. The Labute approximate surface area is 366 Å². The van der Waals surface area contributed by atoms with E-state index < -0.39 is 5.41 Å². The van der Waals surface area contributed by atoms with Crippen molar-refractivity contribution in [3.8, 4) is 55.6 Å². The maximum Gasteiger partial charge on any atom is 0.0731 e. The fraction of sp³-hybridized carbons (Fsp3) is 0.0159. The van der Waals surface area contributed by atoms with Crippen LogP contribution in [0.2, 0.25) is 0 Å². The number of benzene rings is 12. The normalized spacial score (nSPS) is 13.2. The third kappa shape index (κ3) is 4.65. The minimum absolute atomic E-state index is 0.470. The Morgan fingerprint density at radius 2 is 0.667 bits per heavy atom. The number of hydrogen-bond acceptors (Lipinski definition) is 0. The molecule has 0 heteroatoms. The molecular formula is C63H38. The van der Waals surface area contributed by atoms with E-state index in [9.17, 15) is 0 Å². The van der Waals surface area contributed by atoms with E-state index in [1.807, 2.05) is 0 Å². The van der Waals surface area contributed by atoms with Crippen molar-refractivity contribution in [2.75, 3.05) is 0 Å². The Morgan fingerprint density at radius 1 is 0.222 bits per heavy atom. The summed E-state index contributed by atoms with van der Waals surface area (Å²) in [5.74, 6) is 0. The van der Waals surface area contributed by atoms with Crippen LogP contribution in [0.3, 0.4) is 0 Å². The van der Waals surface area contributed by atoms with Gasteiger partial charge in [0.15, 0.2) is 0 Å². The van der Waals surface area contributed by atoms with Crippen LogP contribution in [-0.4, -0.2) is 0 Å². The molecule has 0 saturated heterocycles. The van der Waals surface area contributed by atoms with Crippen molar-refractivity contribution in [3.05, 3.63) is 253 Å². The molecule has 0 fully saturated rings. The van der Waals surface area contributed by atoms with Gasteiger partial charge in [-0.25, -0.2) is 0 Å². The molecule has 12 aromatic carbocycles. The van der Waals surface area contributed by atoms with Gasteiger partial charge in [-0.05, 0) is 144 Å². The van der Waals surface area contributed by atoms with Crippen LogP contribution in [0.15, 0.2) is 231 Å². The zero-order chi connectivity index (χ0) is 41.2. The molecule has 0 heterocycles. The van der Waals surface area contributed by atoms with Crippen molar-refractivity contribution in [1.29, 1.82) is 0 Å². The van der Waals surface area contributed by atoms with Crippen molar-refractivity contribution < 1.29 is 0 Å². The Morgan fingerprint density at radius 3 is 1.30 bits per heavy atom. The third-order valence-corrected chi connectivity index (χ3v) is 14.4. The molecule has 2 aliphatic carbocycles. The molecule has 290 valence electrons. The summed E-state index contributed by atoms with van der Waals surface area (Å²) in [5.41, 5.74) is 17.9. The van der Waals surface area contributed by atoms with E-state index in [-0.39, 0.29) is 0 Å². The smallest absolute Gasteiger partial charge is 0.0619 e. The van der Waals surface area contributed by atoms with Crippen LogP contribution in [0.25, 0.3) is 109 Å². The van der Waals surface area contributed by atoms with E-state index in [0.29, 0.717) is 0 Å². The molecule has 0 aromatic heterocycles. The first kappa shape index (κ1) is 34.6. The van der Waals surface area contributed by atoms with Crippen LogP contribution < -0.4 is 0 Å². The lowest BCUT2D eigenvalue weighted by atomic mass is 9.69. The zero-order valence-corrected chi connectivity index (χ0v) is 34.4. The Hall–Kier alpha value is -8.06. The van der Waals surface area contributed by atoms with Crippen LogP contribution in [0.4, 0.5) is 0 Å². The molecule has 0 nitrogen and oxygen atoms in total. The lowest BCUT2D eigenvalue weighted by molar-refractivity contribution is 0.802. The van der Waals surface area contributed by atoms with E-state index >= 15 is 0 Å². The van der Waals surface area contributed by atoms with Gasteiger partial charge in [-0.15, -0.1) is 0 Å². The van der Waals surface area contributed by atoms with Gasteiger partial charge in [-0.3, -0.25) is 0 Å². The SMILES string of the molecule is c1ccc2c(c1)-c1ccccc1C21c2cc(-c3ccc(-c4c5ccccc5c(-c5ccc6ccccc6c5)c5ccccc45)cc3)c3ccccc3c2-c2ccc3ccccc3c21. The average Bonchev–Trinajstić information content (AvgIpc) is 3.83. The molecule has 63 heavy (non-hydrogen) atoms. The highest BCUT2D eigenvalue weighted by molar-refractivity contribution is 6.22. The maximum atomic E-state index is 2.56. The summed E-state index contributed by atoms with van der Waals surface area (Å²) in [6, 6.07) is 86.7. The topological polar surface area (TPSA) is 0 Å². The molecule has 0 bridgehead atoms. The second kappa shape index (κ2) is 13.0. The van der Waals surface area contributed by atoms with Crippen LogP contribution in [-0.2, 0) is 5.41 Å². The molecule has 0 N–H and O–H groups in total. The van der Waals surface area contributed by atoms with E-state index in [2.05, 4.69) is 231 Å². The van der Waals surface area contributed by atoms with Gasteiger partial charge in [0.1, 0.15) is 0 Å². The summed E-state index contributed by atoms with van der Waals surface area (Å²) in [6.45, 7) is 0. The highest BCUT2D eigenvalue weighted by Gasteiger charge is 2.53. The third-order valence-electron chi connectivity index (χ3n) is 14.4. The fourth-order valence-electron chi connectivity index (χ4n) is 11.9. The first-order valence-corrected chi connectivity index (χ1v) is 22.1. The van der Waals surface area contributed by atoms with Crippen molar-refractivity contribution in [2.45, 2.75) is 5.41 Å². The quantitative estimate of drug-likeness (QED) is 0.156. The number of fused-ring (bicyclic) bond motifs is 17. The maximum absolute atomic E-state index is 2.56. The van der Waals surface area contributed by atoms with E-state index in [1.54, 1.807) is 0 Å². The zero-order valence-electron chi connectivity index (χ0n) is 34.4. The molecule has 0 atom stereocenters. The Bertz CT molecular complexity index is 3800. The first-order valence-electron chi connectivity index (χ1n) is 22.1. The van der Waals surface area contributed by atoms with Gasteiger partial charge in [0.2, 0.25) is 0 Å². The molecule has 0 unspecified atom stereocenters. The molecule has 0 amide bonds. The van der Waals surface area contributed by atoms with Crippen LogP contribution in [0.5, 0.6) is 0 Å². The molecule has 0 radical (unpaired) electrons. The van der Waals surface area contributed by atoms with E-state index in [1.165, 1.54) is 132 Å². The molecule has 0 saturated carbocycles. The van der Waals surface area contributed by atoms with E-state index in [0.717, 1.165) is 0 Å². The summed E-state index contributed by atoms with van der Waals surface area (Å²) >= 11 is 0. The van der Waals surface area contributed by atoms with Gasteiger partial charge in [0.05, 0.1) is 5.41 Å². The molecule has 2 aliphatic rings. The van der Waals surface area contributed by atoms with Gasteiger partial charge in [0, 0.05) is 0 Å². The highest BCUT2D eigenvalue weighted by Crippen LogP contribution is 2.65. The van der Waals surface area contributed by atoms with Gasteiger partial charge < -0.3 is 0 Å². The summed E-state index contributed by atoms with van der Waals surface area (Å²) in [4.78, 5) is 0. The highest BCUT2D eigenvalue weighted by atomic mass is 14.5. The second-order valence-corrected chi connectivity index (χ2v) is 17.4. The first-order chi connectivity index (χ1) is 31.3. The van der Waals surface area contributed by atoms with Gasteiger partial charge in [-0.2, -0.15) is 0 Å². The lowest BCUT2D eigenvalue weighted by Crippen LogP contribution is -2.26. The Balaban J connectivity index is 1.01. The summed E-state index contributed by atoms with van der Waals surface area (Å²) < 4.78 is 0. The van der Waals surface area contributed by atoms with Crippen molar-refractivity contribution in [2.24, 2.45) is 0 Å². The molecule has 0 aliphatic heterocycles. The van der Waals surface area contributed by atoms with Gasteiger partial charge >= 0.3 is 0 Å². The minimum atomic E-state index is -0.470. The summed E-state index contributed by atoms with van der Waals surface area (Å²) in [5, 5.41) is 12.7. The van der Waals surface area contributed by atoms with Gasteiger partial charge in [0.25, 0.3) is 0 Å². The van der Waals surface area contributed by atoms with Crippen molar-refractivity contribution in [1.82, 2.24) is 0 Å². The van der Waals surface area contributed by atoms with Crippen LogP contribution in [0, 0.1) is 0 Å². The fourth-order valence-corrected chi connectivity index (χ4v) is 11.9. The molecule has 12 aromatic rings. The molecule has 14 rings (SSSR count). The number of rotatable bonds is 3. The van der Waals surface area contributed by atoms with Gasteiger partial charge in [-0.1, -0.05) is 218 Å². The van der Waals surface area contributed by atoms with Crippen LogP contribution in [0.1, 0.15) is 22.3 Å². The monoisotopic (exact) mass is 794 g/mol. The number of hydrogen-bond donors (Lipinski definition) is 0. The molecular weight excluding hydrogens is 757 g/mol. The van der Waals surface area contributed by atoms with E-state index in [4.69, 9.17) is 0 Å².